The van der Waals surface area contributed by atoms with Gasteiger partial charge in [-0.05, 0) is 24.8 Å². The van der Waals surface area contributed by atoms with Gasteiger partial charge in [0.05, 0.1) is 6.20 Å². The van der Waals surface area contributed by atoms with Crippen molar-refractivity contribution in [2.75, 3.05) is 6.54 Å². The number of nitrogens with one attached hydrogen (secondary N) is 1. The molecule has 0 amide bonds. The SMILES string of the molecule is CCn1cc(CNCC(C)C(C)(C)C)cn1. The summed E-state index contributed by atoms with van der Waals surface area (Å²) in [5.74, 6) is 0.675. The Balaban J connectivity index is 2.30. The Morgan fingerprint density at radius 3 is 2.62 bits per heavy atom. The number of hydrogen-bond donors (Lipinski definition) is 1. The van der Waals surface area contributed by atoms with Gasteiger partial charge < -0.3 is 5.32 Å². The van der Waals surface area contributed by atoms with Crippen molar-refractivity contribution < 1.29 is 0 Å². The van der Waals surface area contributed by atoms with Gasteiger partial charge in [0, 0.05) is 24.8 Å². The van der Waals surface area contributed by atoms with Gasteiger partial charge >= 0.3 is 0 Å². The summed E-state index contributed by atoms with van der Waals surface area (Å²) >= 11 is 0. The van der Waals surface area contributed by atoms with E-state index in [9.17, 15) is 0 Å². The van der Waals surface area contributed by atoms with E-state index < -0.39 is 0 Å². The summed E-state index contributed by atoms with van der Waals surface area (Å²) in [6.45, 7) is 14.2. The van der Waals surface area contributed by atoms with Crippen LogP contribution in [0.25, 0.3) is 0 Å². The monoisotopic (exact) mass is 223 g/mol. The van der Waals surface area contributed by atoms with Crippen LogP contribution in [0.3, 0.4) is 0 Å². The van der Waals surface area contributed by atoms with Crippen molar-refractivity contribution in [2.45, 2.75) is 47.7 Å². The Morgan fingerprint density at radius 2 is 2.12 bits per heavy atom. The molecule has 3 heteroatoms. The second-order valence-corrected chi connectivity index (χ2v) is 5.60. The minimum atomic E-state index is 0.376. The van der Waals surface area contributed by atoms with E-state index in [-0.39, 0.29) is 0 Å². The average Bonchev–Trinajstić information content (AvgIpc) is 2.64. The topological polar surface area (TPSA) is 29.9 Å². The van der Waals surface area contributed by atoms with Crippen LogP contribution in [-0.2, 0) is 13.1 Å². The largest absolute Gasteiger partial charge is 0.312 e. The van der Waals surface area contributed by atoms with E-state index in [0.29, 0.717) is 11.3 Å². The number of rotatable bonds is 5. The van der Waals surface area contributed by atoms with Gasteiger partial charge in [0.1, 0.15) is 0 Å². The van der Waals surface area contributed by atoms with E-state index in [2.05, 4.69) is 51.2 Å². The van der Waals surface area contributed by atoms with Crippen molar-refractivity contribution in [2.24, 2.45) is 11.3 Å². The zero-order valence-corrected chi connectivity index (χ0v) is 11.2. The van der Waals surface area contributed by atoms with E-state index in [1.165, 1.54) is 5.56 Å². The molecule has 1 aromatic rings. The molecule has 0 saturated carbocycles. The quantitative estimate of drug-likeness (QED) is 0.831. The summed E-state index contributed by atoms with van der Waals surface area (Å²) in [6, 6.07) is 0. The van der Waals surface area contributed by atoms with Gasteiger partial charge in [-0.25, -0.2) is 0 Å². The van der Waals surface area contributed by atoms with Crippen molar-refractivity contribution in [3.63, 3.8) is 0 Å². The van der Waals surface area contributed by atoms with E-state index in [1.807, 2.05) is 10.9 Å². The molecule has 1 rings (SSSR count). The molecular formula is C13H25N3. The van der Waals surface area contributed by atoms with Crippen molar-refractivity contribution in [3.8, 4) is 0 Å². The first-order valence-electron chi connectivity index (χ1n) is 6.15. The average molecular weight is 223 g/mol. The maximum absolute atomic E-state index is 4.26. The molecule has 0 radical (unpaired) electrons. The molecule has 0 spiro atoms. The van der Waals surface area contributed by atoms with Crippen LogP contribution in [0.4, 0.5) is 0 Å². The predicted octanol–water partition coefficient (Wildman–Crippen LogP) is 2.67. The van der Waals surface area contributed by atoms with Gasteiger partial charge in [-0.3, -0.25) is 4.68 Å². The minimum Gasteiger partial charge on any atom is -0.312 e. The van der Waals surface area contributed by atoms with Crippen LogP contribution < -0.4 is 5.32 Å². The highest BCUT2D eigenvalue weighted by Gasteiger charge is 2.19. The highest BCUT2D eigenvalue weighted by molar-refractivity contribution is 5.03. The van der Waals surface area contributed by atoms with Crippen LogP contribution >= 0.6 is 0 Å². The Hall–Kier alpha value is -0.830. The molecule has 0 aromatic carbocycles. The van der Waals surface area contributed by atoms with Crippen LogP contribution in [0.2, 0.25) is 0 Å². The molecule has 0 bridgehead atoms. The van der Waals surface area contributed by atoms with Gasteiger partial charge in [-0.15, -0.1) is 0 Å². The van der Waals surface area contributed by atoms with Crippen LogP contribution in [0.15, 0.2) is 12.4 Å². The molecule has 92 valence electrons. The molecule has 0 saturated heterocycles. The third-order valence-corrected chi connectivity index (χ3v) is 3.27. The van der Waals surface area contributed by atoms with Gasteiger partial charge in [0.25, 0.3) is 0 Å². The maximum Gasteiger partial charge on any atom is 0.0534 e. The van der Waals surface area contributed by atoms with E-state index in [1.54, 1.807) is 0 Å². The Bertz CT molecular complexity index is 309. The molecule has 0 aliphatic heterocycles. The van der Waals surface area contributed by atoms with Gasteiger partial charge in [-0.2, -0.15) is 5.10 Å². The van der Waals surface area contributed by atoms with Gasteiger partial charge in [-0.1, -0.05) is 27.7 Å². The van der Waals surface area contributed by atoms with Gasteiger partial charge in [0.15, 0.2) is 0 Å². The second kappa shape index (κ2) is 5.48. The molecule has 0 aliphatic carbocycles. The summed E-state index contributed by atoms with van der Waals surface area (Å²) in [5, 5.41) is 7.75. The zero-order chi connectivity index (χ0) is 12.2. The van der Waals surface area contributed by atoms with E-state index in [4.69, 9.17) is 0 Å². The van der Waals surface area contributed by atoms with Crippen molar-refractivity contribution in [1.29, 1.82) is 0 Å². The van der Waals surface area contributed by atoms with Crippen molar-refractivity contribution >= 4 is 0 Å². The van der Waals surface area contributed by atoms with Crippen LogP contribution in [0, 0.1) is 11.3 Å². The first kappa shape index (κ1) is 13.2. The zero-order valence-electron chi connectivity index (χ0n) is 11.2. The number of aryl methyl sites for hydroxylation is 1. The number of aromatic nitrogens is 2. The fourth-order valence-electron chi connectivity index (χ4n) is 1.41. The Kier molecular flexibility index (Phi) is 4.54. The molecule has 1 aromatic heterocycles. The fourth-order valence-corrected chi connectivity index (χ4v) is 1.41. The second-order valence-electron chi connectivity index (χ2n) is 5.60. The molecule has 16 heavy (non-hydrogen) atoms. The number of hydrogen-bond acceptors (Lipinski definition) is 2. The molecule has 1 atom stereocenters. The predicted molar refractivity (Wildman–Crippen MR) is 68.2 cm³/mol. The maximum atomic E-state index is 4.26. The summed E-state index contributed by atoms with van der Waals surface area (Å²) < 4.78 is 1.96. The first-order chi connectivity index (χ1) is 7.43. The lowest BCUT2D eigenvalue weighted by molar-refractivity contribution is 0.252. The van der Waals surface area contributed by atoms with E-state index >= 15 is 0 Å². The highest BCUT2D eigenvalue weighted by Crippen LogP contribution is 2.24. The first-order valence-corrected chi connectivity index (χ1v) is 6.15. The highest BCUT2D eigenvalue weighted by atomic mass is 15.3. The van der Waals surface area contributed by atoms with Gasteiger partial charge in [0.2, 0.25) is 0 Å². The van der Waals surface area contributed by atoms with Crippen LogP contribution in [-0.4, -0.2) is 16.3 Å². The normalized spacial score (nSPS) is 14.1. The third kappa shape index (κ3) is 3.97. The van der Waals surface area contributed by atoms with Crippen molar-refractivity contribution in [1.82, 2.24) is 15.1 Å². The van der Waals surface area contributed by atoms with Crippen LogP contribution in [0.5, 0.6) is 0 Å². The fraction of sp³-hybridized carbons (Fsp3) is 0.769. The molecule has 3 nitrogen and oxygen atoms in total. The lowest BCUT2D eigenvalue weighted by atomic mass is 9.82. The Labute approximate surface area is 99.2 Å². The summed E-state index contributed by atoms with van der Waals surface area (Å²) in [6.07, 6.45) is 4.05. The third-order valence-electron chi connectivity index (χ3n) is 3.27. The Morgan fingerprint density at radius 1 is 1.44 bits per heavy atom. The summed E-state index contributed by atoms with van der Waals surface area (Å²) in [7, 11) is 0. The molecule has 0 aliphatic rings. The summed E-state index contributed by atoms with van der Waals surface area (Å²) in [4.78, 5) is 0. The molecule has 1 heterocycles. The van der Waals surface area contributed by atoms with Crippen molar-refractivity contribution in [3.05, 3.63) is 18.0 Å². The van der Waals surface area contributed by atoms with Crippen LogP contribution in [0.1, 0.15) is 40.2 Å². The molecule has 1 unspecified atom stereocenters. The van der Waals surface area contributed by atoms with E-state index in [0.717, 1.165) is 19.6 Å². The molecule has 1 N–H and O–H groups in total. The summed E-state index contributed by atoms with van der Waals surface area (Å²) in [5.41, 5.74) is 1.64. The lowest BCUT2D eigenvalue weighted by Crippen LogP contribution is -2.29. The number of nitrogens with zero attached hydrogens (tertiary/aromatic N) is 2. The molecular weight excluding hydrogens is 198 g/mol. The molecule has 0 fully saturated rings. The lowest BCUT2D eigenvalue weighted by Gasteiger charge is -2.27. The standard InChI is InChI=1S/C13H25N3/c1-6-16-10-12(9-15-16)8-14-7-11(2)13(3,4)5/h9-11,14H,6-8H2,1-5H3. The smallest absolute Gasteiger partial charge is 0.0534 e. The minimum absolute atomic E-state index is 0.376.